The van der Waals surface area contributed by atoms with Crippen molar-refractivity contribution in [2.75, 3.05) is 25.4 Å². The molecule has 0 radical (unpaired) electrons. The van der Waals surface area contributed by atoms with Crippen molar-refractivity contribution >= 4 is 11.8 Å². The number of rotatable bonds is 9. The normalized spacial score (nSPS) is 26.0. The summed E-state index contributed by atoms with van der Waals surface area (Å²) in [5.74, 6) is 3.42. The predicted molar refractivity (Wildman–Crippen MR) is 154 cm³/mol. The summed E-state index contributed by atoms with van der Waals surface area (Å²) in [6.07, 6.45) is 5.77. The van der Waals surface area contributed by atoms with Crippen LogP contribution in [0, 0.1) is 16.7 Å². The molecule has 3 atom stereocenters. The fourth-order valence-corrected chi connectivity index (χ4v) is 7.28. The fraction of sp³-hybridized carbons (Fsp3) is 0.452. The van der Waals surface area contributed by atoms with Crippen LogP contribution in [0.5, 0.6) is 11.6 Å². The minimum atomic E-state index is -4.26. The lowest BCUT2D eigenvalue weighted by Gasteiger charge is -2.31. The molecule has 1 spiro atoms. The summed E-state index contributed by atoms with van der Waals surface area (Å²) in [7, 11) is 1.97. The van der Waals surface area contributed by atoms with Crippen LogP contribution in [0.1, 0.15) is 32.6 Å². The van der Waals surface area contributed by atoms with Crippen molar-refractivity contribution in [3.05, 3.63) is 72.5 Å². The second-order valence-corrected chi connectivity index (χ2v) is 12.8. The monoisotopic (exact) mass is 581 g/mol. The zero-order valence-electron chi connectivity index (χ0n) is 23.3. The van der Waals surface area contributed by atoms with Crippen LogP contribution in [0.25, 0.3) is 11.4 Å². The largest absolute Gasteiger partial charge is 0.439 e. The highest BCUT2D eigenvalue weighted by Crippen LogP contribution is 2.67. The van der Waals surface area contributed by atoms with Crippen LogP contribution in [0.15, 0.2) is 77.6 Å². The first kappa shape index (κ1) is 28.0. The molecule has 0 amide bonds. The highest BCUT2D eigenvalue weighted by atomic mass is 32.2. The van der Waals surface area contributed by atoms with E-state index in [4.69, 9.17) is 4.74 Å². The summed E-state index contributed by atoms with van der Waals surface area (Å²) in [4.78, 5) is 6.95. The van der Waals surface area contributed by atoms with E-state index in [-0.39, 0.29) is 10.8 Å². The van der Waals surface area contributed by atoms with E-state index in [1.165, 1.54) is 12.2 Å². The lowest BCUT2D eigenvalue weighted by atomic mass is 9.74. The molecule has 1 saturated carbocycles. The molecule has 1 unspecified atom stereocenters. The van der Waals surface area contributed by atoms with Gasteiger partial charge in [0.15, 0.2) is 11.0 Å². The SMILES string of the molecule is Cn1c(SCCCN2CC[C@]3(C[C@@H]3C3(C)C=CC(C(F)(F)F)=CC3)C2)nnc1-c1ccc(Oc2ccccc2)nc1. The van der Waals surface area contributed by atoms with Gasteiger partial charge in [-0.3, -0.25) is 0 Å². The number of para-hydroxylation sites is 1. The molecule has 2 aliphatic carbocycles. The minimum absolute atomic E-state index is 0.172. The standard InChI is InChI=1S/C31H34F3N5OS/c1-29(13-11-23(12-14-29)31(32,33)34)25-19-30(25)15-17-39(21-30)16-6-18-41-28-37-36-27(38(28)2)22-9-10-26(35-20-22)40-24-7-4-3-5-8-24/h3-5,7-13,20,25H,6,14-19,21H2,1-2H3/t25-,29?,30+/m1/s1. The highest BCUT2D eigenvalue weighted by Gasteiger charge is 2.62. The Bertz CT molecular complexity index is 1440. The van der Waals surface area contributed by atoms with Crippen molar-refractivity contribution < 1.29 is 17.9 Å². The zero-order chi connectivity index (χ0) is 28.7. The molecule has 3 aliphatic rings. The van der Waals surface area contributed by atoms with E-state index in [0.29, 0.717) is 18.2 Å². The number of aromatic nitrogens is 4. The first-order valence-electron chi connectivity index (χ1n) is 14.1. The molecule has 2 aromatic heterocycles. The summed E-state index contributed by atoms with van der Waals surface area (Å²) in [6.45, 7) is 5.26. The smallest absolute Gasteiger partial charge is 0.416 e. The van der Waals surface area contributed by atoms with Crippen molar-refractivity contribution in [1.82, 2.24) is 24.6 Å². The van der Waals surface area contributed by atoms with Crippen LogP contribution in [-0.4, -0.2) is 56.2 Å². The van der Waals surface area contributed by atoms with Gasteiger partial charge in [0.05, 0.1) is 5.57 Å². The number of pyridine rings is 1. The molecule has 6 rings (SSSR count). The van der Waals surface area contributed by atoms with E-state index >= 15 is 0 Å². The number of nitrogens with zero attached hydrogens (tertiary/aromatic N) is 5. The van der Waals surface area contributed by atoms with Crippen molar-refractivity contribution in [3.8, 4) is 23.0 Å². The number of ether oxygens (including phenoxy) is 1. The predicted octanol–water partition coefficient (Wildman–Crippen LogP) is 7.32. The number of thioether (sulfide) groups is 1. The lowest BCUT2D eigenvalue weighted by molar-refractivity contribution is -0.0889. The molecule has 41 heavy (non-hydrogen) atoms. The number of alkyl halides is 3. The molecular formula is C31H34F3N5OS. The van der Waals surface area contributed by atoms with Gasteiger partial charge in [0.25, 0.3) is 0 Å². The molecule has 10 heteroatoms. The third-order valence-electron chi connectivity index (χ3n) is 8.83. The number of hydrogen-bond donors (Lipinski definition) is 0. The van der Waals surface area contributed by atoms with E-state index in [0.717, 1.165) is 66.9 Å². The fourth-order valence-electron chi connectivity index (χ4n) is 6.45. The highest BCUT2D eigenvalue weighted by molar-refractivity contribution is 7.99. The molecule has 1 saturated heterocycles. The molecule has 1 aliphatic heterocycles. The van der Waals surface area contributed by atoms with Crippen molar-refractivity contribution in [2.24, 2.45) is 23.8 Å². The average molecular weight is 582 g/mol. The van der Waals surface area contributed by atoms with Crippen LogP contribution in [-0.2, 0) is 7.05 Å². The van der Waals surface area contributed by atoms with E-state index in [9.17, 15) is 13.2 Å². The van der Waals surface area contributed by atoms with Crippen LogP contribution in [0.2, 0.25) is 0 Å². The molecular weight excluding hydrogens is 547 g/mol. The number of halogens is 3. The van der Waals surface area contributed by atoms with Crippen molar-refractivity contribution in [2.45, 2.75) is 43.9 Å². The Morgan fingerprint density at radius 3 is 2.66 bits per heavy atom. The van der Waals surface area contributed by atoms with Gasteiger partial charge >= 0.3 is 6.18 Å². The number of likely N-dealkylation sites (tertiary alicyclic amines) is 1. The Kier molecular flexibility index (Phi) is 7.48. The Morgan fingerprint density at radius 1 is 1.12 bits per heavy atom. The lowest BCUT2D eigenvalue weighted by Crippen LogP contribution is -2.27. The summed E-state index contributed by atoms with van der Waals surface area (Å²) in [6, 6.07) is 13.3. The molecule has 2 fully saturated rings. The topological polar surface area (TPSA) is 56.1 Å². The molecule has 6 nitrogen and oxygen atoms in total. The number of hydrogen-bond acceptors (Lipinski definition) is 6. The van der Waals surface area contributed by atoms with E-state index in [1.807, 2.05) is 60.2 Å². The number of benzene rings is 1. The van der Waals surface area contributed by atoms with Crippen LogP contribution in [0.3, 0.4) is 0 Å². The molecule has 0 N–H and O–H groups in total. The third kappa shape index (κ3) is 5.95. The van der Waals surface area contributed by atoms with Gasteiger partial charge in [-0.25, -0.2) is 4.98 Å². The van der Waals surface area contributed by atoms with Gasteiger partial charge in [-0.05, 0) is 73.7 Å². The van der Waals surface area contributed by atoms with E-state index in [1.54, 1.807) is 18.0 Å². The molecule has 3 aromatic rings. The van der Waals surface area contributed by atoms with Gasteiger partial charge < -0.3 is 14.2 Å². The average Bonchev–Trinajstić information content (AvgIpc) is 3.34. The summed E-state index contributed by atoms with van der Waals surface area (Å²) in [5, 5.41) is 9.65. The Hall–Kier alpha value is -3.11. The van der Waals surface area contributed by atoms with E-state index in [2.05, 4.69) is 27.0 Å². The van der Waals surface area contributed by atoms with Gasteiger partial charge in [-0.2, -0.15) is 13.2 Å². The summed E-state index contributed by atoms with van der Waals surface area (Å²) in [5.41, 5.74) is 0.465. The van der Waals surface area contributed by atoms with E-state index < -0.39 is 11.7 Å². The maximum Gasteiger partial charge on any atom is 0.416 e. The molecule has 216 valence electrons. The van der Waals surface area contributed by atoms with Gasteiger partial charge in [-0.15, -0.1) is 10.2 Å². The van der Waals surface area contributed by atoms with Gasteiger partial charge in [0, 0.05) is 37.2 Å². The third-order valence-corrected chi connectivity index (χ3v) is 9.93. The molecule has 1 aromatic carbocycles. The summed E-state index contributed by atoms with van der Waals surface area (Å²) >= 11 is 1.70. The van der Waals surface area contributed by atoms with Gasteiger partial charge in [-0.1, -0.05) is 55.1 Å². The Morgan fingerprint density at radius 2 is 1.95 bits per heavy atom. The van der Waals surface area contributed by atoms with Crippen LogP contribution in [0.4, 0.5) is 13.2 Å². The van der Waals surface area contributed by atoms with Gasteiger partial charge in [0.1, 0.15) is 5.75 Å². The maximum atomic E-state index is 13.0. The second-order valence-electron chi connectivity index (χ2n) is 11.7. The summed E-state index contributed by atoms with van der Waals surface area (Å²) < 4.78 is 46.9. The van der Waals surface area contributed by atoms with Crippen molar-refractivity contribution in [3.63, 3.8) is 0 Å². The molecule has 0 bridgehead atoms. The first-order chi connectivity index (χ1) is 19.7. The van der Waals surface area contributed by atoms with Crippen LogP contribution >= 0.6 is 11.8 Å². The maximum absolute atomic E-state index is 13.0. The Balaban J connectivity index is 0.959. The van der Waals surface area contributed by atoms with Gasteiger partial charge in [0.2, 0.25) is 5.88 Å². The van der Waals surface area contributed by atoms with Crippen LogP contribution < -0.4 is 4.74 Å². The quantitative estimate of drug-likeness (QED) is 0.195. The Labute approximate surface area is 242 Å². The molecule has 3 heterocycles. The minimum Gasteiger partial charge on any atom is -0.439 e. The zero-order valence-corrected chi connectivity index (χ0v) is 24.1. The first-order valence-corrected chi connectivity index (χ1v) is 15.0. The van der Waals surface area contributed by atoms with Crippen molar-refractivity contribution in [1.29, 1.82) is 0 Å². The number of allylic oxidation sites excluding steroid dienone is 4. The second kappa shape index (κ2) is 10.9.